The van der Waals surface area contributed by atoms with E-state index in [1.54, 1.807) is 12.1 Å². The van der Waals surface area contributed by atoms with E-state index in [1.807, 2.05) is 23.1 Å². The van der Waals surface area contributed by atoms with E-state index in [0.717, 1.165) is 29.9 Å². The highest BCUT2D eigenvalue weighted by Gasteiger charge is 2.31. The van der Waals surface area contributed by atoms with E-state index in [-0.39, 0.29) is 24.3 Å². The number of nitrogens with zero attached hydrogens (tertiary/aromatic N) is 1. The first-order valence-corrected chi connectivity index (χ1v) is 9.63. The second-order valence-corrected chi connectivity index (χ2v) is 7.22. The van der Waals surface area contributed by atoms with Crippen molar-refractivity contribution in [3.63, 3.8) is 0 Å². The minimum atomic E-state index is -0.413. The molecule has 0 radical (unpaired) electrons. The summed E-state index contributed by atoms with van der Waals surface area (Å²) in [5.74, 6) is 1.09. The summed E-state index contributed by atoms with van der Waals surface area (Å²) in [6.45, 7) is 1.67. The van der Waals surface area contributed by atoms with Crippen molar-refractivity contribution in [3.8, 4) is 11.5 Å². The Hall–Kier alpha value is -2.48. The largest absolute Gasteiger partial charge is 0.486 e. The molecule has 8 heteroatoms. The number of ether oxygens (including phenoxy) is 2. The number of halogens is 1. The van der Waals surface area contributed by atoms with Crippen LogP contribution in [-0.4, -0.2) is 43.0 Å². The highest BCUT2D eigenvalue weighted by Crippen LogP contribution is 2.38. The lowest BCUT2D eigenvalue weighted by Gasteiger charge is -2.26. The number of carbonyl (C=O) groups excluding carboxylic acids is 2. The van der Waals surface area contributed by atoms with Gasteiger partial charge in [0.1, 0.15) is 13.2 Å². The first-order chi connectivity index (χ1) is 13.1. The van der Waals surface area contributed by atoms with Crippen molar-refractivity contribution in [2.45, 2.75) is 18.9 Å². The minimum Gasteiger partial charge on any atom is -0.486 e. The first kappa shape index (κ1) is 17.9. The summed E-state index contributed by atoms with van der Waals surface area (Å²) in [6, 6.07) is 8.98. The second kappa shape index (κ2) is 7.64. The molecule has 0 aliphatic carbocycles. The van der Waals surface area contributed by atoms with E-state index >= 15 is 0 Å². The smallest absolute Gasteiger partial charge is 0.287 e. The Kier molecular flexibility index (Phi) is 5.07. The predicted octanol–water partition coefficient (Wildman–Crippen LogP) is 2.91. The number of hydrogen-bond acceptors (Lipinski definition) is 5. The number of rotatable bonds is 4. The van der Waals surface area contributed by atoms with Gasteiger partial charge in [-0.05, 0) is 58.6 Å². The average Bonchev–Trinajstić information content (AvgIpc) is 3.34. The maximum Gasteiger partial charge on any atom is 0.287 e. The van der Waals surface area contributed by atoms with E-state index in [4.69, 9.17) is 13.9 Å². The predicted molar refractivity (Wildman–Crippen MR) is 99.9 cm³/mol. The zero-order chi connectivity index (χ0) is 18.8. The van der Waals surface area contributed by atoms with Crippen molar-refractivity contribution in [2.75, 3.05) is 26.3 Å². The Morgan fingerprint density at radius 1 is 1.15 bits per heavy atom. The molecule has 1 aromatic carbocycles. The van der Waals surface area contributed by atoms with Crippen LogP contribution in [0.25, 0.3) is 0 Å². The number of carbonyl (C=O) groups is 2. The van der Waals surface area contributed by atoms with E-state index < -0.39 is 5.91 Å². The molecular formula is C19H19BrN2O5. The number of furan rings is 1. The van der Waals surface area contributed by atoms with Crippen LogP contribution in [0.5, 0.6) is 11.5 Å². The molecule has 1 atom stereocenters. The third-order valence-electron chi connectivity index (χ3n) is 4.72. The molecule has 2 aliphatic heterocycles. The molecule has 0 unspecified atom stereocenters. The van der Waals surface area contributed by atoms with Crippen molar-refractivity contribution in [2.24, 2.45) is 0 Å². The van der Waals surface area contributed by atoms with Gasteiger partial charge in [-0.2, -0.15) is 0 Å². The van der Waals surface area contributed by atoms with Gasteiger partial charge in [0.15, 0.2) is 21.9 Å². The molecule has 0 saturated carbocycles. The van der Waals surface area contributed by atoms with Crippen molar-refractivity contribution in [3.05, 3.63) is 46.3 Å². The summed E-state index contributed by atoms with van der Waals surface area (Å²) in [6.07, 6.45) is 1.80. The van der Waals surface area contributed by atoms with Gasteiger partial charge in [-0.3, -0.25) is 9.59 Å². The SMILES string of the molecule is O=C(NCC(=O)N1CCC[C@@H]1c1ccc2c(c1)OCCO2)c1ccc(Br)o1. The van der Waals surface area contributed by atoms with Gasteiger partial charge in [0, 0.05) is 6.54 Å². The van der Waals surface area contributed by atoms with Crippen LogP contribution < -0.4 is 14.8 Å². The molecule has 0 spiro atoms. The summed E-state index contributed by atoms with van der Waals surface area (Å²) in [4.78, 5) is 26.5. The fourth-order valence-corrected chi connectivity index (χ4v) is 3.77. The average molecular weight is 435 g/mol. The van der Waals surface area contributed by atoms with Crippen molar-refractivity contribution in [1.29, 1.82) is 0 Å². The molecule has 2 amide bonds. The van der Waals surface area contributed by atoms with Gasteiger partial charge in [0.05, 0.1) is 12.6 Å². The first-order valence-electron chi connectivity index (χ1n) is 8.84. The second-order valence-electron chi connectivity index (χ2n) is 6.43. The number of benzene rings is 1. The summed E-state index contributed by atoms with van der Waals surface area (Å²) >= 11 is 3.15. The van der Waals surface area contributed by atoms with Crippen molar-refractivity contribution >= 4 is 27.7 Å². The lowest BCUT2D eigenvalue weighted by Crippen LogP contribution is -2.39. The lowest BCUT2D eigenvalue weighted by atomic mass is 10.0. The fraction of sp³-hybridized carbons (Fsp3) is 0.368. The maximum atomic E-state index is 12.7. The molecule has 1 saturated heterocycles. The summed E-state index contributed by atoms with van der Waals surface area (Å²) in [5, 5.41) is 2.62. The van der Waals surface area contributed by atoms with Crippen molar-refractivity contribution < 1.29 is 23.5 Å². The molecule has 3 heterocycles. The van der Waals surface area contributed by atoms with Crippen LogP contribution in [0.1, 0.15) is 35.0 Å². The molecule has 1 aromatic heterocycles. The van der Waals surface area contributed by atoms with Gasteiger partial charge in [0.25, 0.3) is 5.91 Å². The molecular weight excluding hydrogens is 416 g/mol. The van der Waals surface area contributed by atoms with Gasteiger partial charge in [-0.15, -0.1) is 0 Å². The number of fused-ring (bicyclic) bond motifs is 1. The zero-order valence-corrected chi connectivity index (χ0v) is 16.2. The van der Waals surface area contributed by atoms with E-state index in [0.29, 0.717) is 24.4 Å². The van der Waals surface area contributed by atoms with Gasteiger partial charge in [-0.1, -0.05) is 6.07 Å². The number of amides is 2. The number of nitrogens with one attached hydrogen (secondary N) is 1. The standard InChI is InChI=1S/C19H19BrN2O5/c20-17-6-5-15(27-17)19(24)21-11-18(23)22-7-1-2-13(22)12-3-4-14-16(10-12)26-9-8-25-14/h3-6,10,13H,1-2,7-9,11H2,(H,21,24)/t13-/m1/s1. The Morgan fingerprint density at radius 3 is 2.74 bits per heavy atom. The van der Waals surface area contributed by atoms with E-state index in [2.05, 4.69) is 21.2 Å². The van der Waals surface area contributed by atoms with Gasteiger partial charge in [-0.25, -0.2) is 0 Å². The molecule has 2 aliphatic rings. The molecule has 1 N–H and O–H groups in total. The van der Waals surface area contributed by atoms with Crippen LogP contribution in [0, 0.1) is 0 Å². The van der Waals surface area contributed by atoms with E-state index in [1.165, 1.54) is 0 Å². The van der Waals surface area contributed by atoms with E-state index in [9.17, 15) is 9.59 Å². The topological polar surface area (TPSA) is 81.0 Å². The third-order valence-corrected chi connectivity index (χ3v) is 5.15. The summed E-state index contributed by atoms with van der Waals surface area (Å²) in [5.41, 5.74) is 1.02. The third kappa shape index (κ3) is 3.80. The molecule has 4 rings (SSSR count). The van der Waals surface area contributed by atoms with Crippen LogP contribution in [0.2, 0.25) is 0 Å². The maximum absolute atomic E-state index is 12.7. The molecule has 142 valence electrons. The quantitative estimate of drug-likeness (QED) is 0.799. The Balaban J connectivity index is 1.41. The van der Waals surface area contributed by atoms with Crippen LogP contribution in [0.4, 0.5) is 0 Å². The molecule has 0 bridgehead atoms. The van der Waals surface area contributed by atoms with Gasteiger partial charge in [0.2, 0.25) is 5.91 Å². The lowest BCUT2D eigenvalue weighted by molar-refractivity contribution is -0.131. The van der Waals surface area contributed by atoms with Crippen LogP contribution in [0.3, 0.4) is 0 Å². The van der Waals surface area contributed by atoms with Crippen molar-refractivity contribution in [1.82, 2.24) is 10.2 Å². The molecule has 27 heavy (non-hydrogen) atoms. The zero-order valence-electron chi connectivity index (χ0n) is 14.6. The fourth-order valence-electron chi connectivity index (χ4n) is 3.46. The minimum absolute atomic E-state index is 0.0250. The summed E-state index contributed by atoms with van der Waals surface area (Å²) in [7, 11) is 0. The number of likely N-dealkylation sites (tertiary alicyclic amines) is 1. The van der Waals surface area contributed by atoms with Crippen LogP contribution in [-0.2, 0) is 4.79 Å². The molecule has 1 fully saturated rings. The Labute approximate surface area is 164 Å². The molecule has 2 aromatic rings. The Bertz CT molecular complexity index is 866. The van der Waals surface area contributed by atoms with Crippen LogP contribution >= 0.6 is 15.9 Å². The van der Waals surface area contributed by atoms with Gasteiger partial charge >= 0.3 is 0 Å². The monoisotopic (exact) mass is 434 g/mol. The normalized spacial score (nSPS) is 18.4. The highest BCUT2D eigenvalue weighted by atomic mass is 79.9. The summed E-state index contributed by atoms with van der Waals surface area (Å²) < 4.78 is 16.9. The van der Waals surface area contributed by atoms with Gasteiger partial charge < -0.3 is 24.1 Å². The highest BCUT2D eigenvalue weighted by molar-refractivity contribution is 9.10. The van der Waals surface area contributed by atoms with Crippen LogP contribution in [0.15, 0.2) is 39.4 Å². The Morgan fingerprint density at radius 2 is 1.96 bits per heavy atom. The molecule has 7 nitrogen and oxygen atoms in total. The number of hydrogen-bond donors (Lipinski definition) is 1.